The first-order chi connectivity index (χ1) is 12.8. The SMILES string of the molecule is CCCC1CCC(c2ccc(-c3cc(F)c(C(F)(F)F)c(F)c3)cc2)CC1. The van der Waals surface area contributed by atoms with E-state index in [1.165, 1.54) is 31.2 Å². The van der Waals surface area contributed by atoms with Crippen LogP contribution in [0.3, 0.4) is 0 Å². The smallest absolute Gasteiger partial charge is 0.206 e. The molecular weight excluding hydrogens is 359 g/mol. The summed E-state index contributed by atoms with van der Waals surface area (Å²) in [4.78, 5) is 0. The number of halogens is 5. The van der Waals surface area contributed by atoms with Crippen LogP contribution in [0.5, 0.6) is 0 Å². The molecule has 0 aromatic heterocycles. The molecule has 0 amide bonds. The second kappa shape index (κ2) is 7.99. The van der Waals surface area contributed by atoms with E-state index in [1.807, 2.05) is 12.1 Å². The Morgan fingerprint density at radius 1 is 0.852 bits per heavy atom. The zero-order valence-electron chi connectivity index (χ0n) is 15.3. The first-order valence-corrected chi connectivity index (χ1v) is 9.46. The highest BCUT2D eigenvalue weighted by Gasteiger charge is 2.38. The predicted molar refractivity (Wildman–Crippen MR) is 96.4 cm³/mol. The molecule has 1 fully saturated rings. The molecule has 0 spiro atoms. The summed E-state index contributed by atoms with van der Waals surface area (Å²) in [5.74, 6) is -1.89. The zero-order valence-corrected chi connectivity index (χ0v) is 15.3. The molecule has 5 heteroatoms. The lowest BCUT2D eigenvalue weighted by atomic mass is 9.77. The van der Waals surface area contributed by atoms with Crippen molar-refractivity contribution < 1.29 is 22.0 Å². The minimum atomic E-state index is -5.05. The highest BCUT2D eigenvalue weighted by Crippen LogP contribution is 2.39. The van der Waals surface area contributed by atoms with E-state index in [9.17, 15) is 22.0 Å². The number of alkyl halides is 3. The van der Waals surface area contributed by atoms with Crippen molar-refractivity contribution in [3.05, 3.63) is 59.2 Å². The second-order valence-corrected chi connectivity index (χ2v) is 7.44. The molecule has 0 nitrogen and oxygen atoms in total. The highest BCUT2D eigenvalue weighted by atomic mass is 19.4. The van der Waals surface area contributed by atoms with Crippen molar-refractivity contribution in [3.63, 3.8) is 0 Å². The van der Waals surface area contributed by atoms with Crippen molar-refractivity contribution in [2.75, 3.05) is 0 Å². The maximum atomic E-state index is 13.8. The molecule has 146 valence electrons. The van der Waals surface area contributed by atoms with Gasteiger partial charge in [0.25, 0.3) is 0 Å². The summed E-state index contributed by atoms with van der Waals surface area (Å²) < 4.78 is 65.7. The van der Waals surface area contributed by atoms with Crippen LogP contribution in [0.2, 0.25) is 0 Å². The summed E-state index contributed by atoms with van der Waals surface area (Å²) in [6.07, 6.45) is 2.14. The van der Waals surface area contributed by atoms with E-state index in [1.54, 1.807) is 12.1 Å². The van der Waals surface area contributed by atoms with Gasteiger partial charge in [-0.25, -0.2) is 8.78 Å². The number of benzene rings is 2. The van der Waals surface area contributed by atoms with Crippen LogP contribution in [-0.4, -0.2) is 0 Å². The molecule has 0 unspecified atom stereocenters. The Morgan fingerprint density at radius 2 is 1.41 bits per heavy atom. The van der Waals surface area contributed by atoms with Gasteiger partial charge in [-0.15, -0.1) is 0 Å². The maximum Gasteiger partial charge on any atom is 0.422 e. The van der Waals surface area contributed by atoms with Crippen LogP contribution in [0.25, 0.3) is 11.1 Å². The lowest BCUT2D eigenvalue weighted by Gasteiger charge is -2.28. The van der Waals surface area contributed by atoms with Gasteiger partial charge in [-0.1, -0.05) is 44.0 Å². The fraction of sp³-hybridized carbons (Fsp3) is 0.455. The lowest BCUT2D eigenvalue weighted by molar-refractivity contribution is -0.142. The standard InChI is InChI=1S/C22H23F5/c1-2-3-14-4-6-15(7-5-14)16-8-10-17(11-9-16)18-12-19(23)21(20(24)13-18)22(25,26)27/h8-15H,2-7H2,1H3. The molecule has 3 rings (SSSR count). The molecule has 0 atom stereocenters. The van der Waals surface area contributed by atoms with Gasteiger partial charge in [-0.05, 0) is 66.3 Å². The van der Waals surface area contributed by atoms with Crippen molar-refractivity contribution in [2.24, 2.45) is 5.92 Å². The normalized spacial score (nSPS) is 20.7. The molecule has 1 aliphatic rings. The third-order valence-corrected chi connectivity index (χ3v) is 5.58. The van der Waals surface area contributed by atoms with Gasteiger partial charge in [0.2, 0.25) is 0 Å². The summed E-state index contributed by atoms with van der Waals surface area (Å²) >= 11 is 0. The Hall–Kier alpha value is -1.91. The fourth-order valence-electron chi connectivity index (χ4n) is 4.15. The zero-order chi connectivity index (χ0) is 19.6. The Bertz CT molecular complexity index is 745. The quantitative estimate of drug-likeness (QED) is 0.475. The monoisotopic (exact) mass is 382 g/mol. The van der Waals surface area contributed by atoms with Crippen molar-refractivity contribution in [1.29, 1.82) is 0 Å². The van der Waals surface area contributed by atoms with Gasteiger partial charge >= 0.3 is 6.18 Å². The van der Waals surface area contributed by atoms with Crippen LogP contribution in [0.1, 0.15) is 62.5 Å². The molecular formula is C22H23F5. The number of rotatable bonds is 4. The first kappa shape index (κ1) is 19.8. The molecule has 0 saturated heterocycles. The van der Waals surface area contributed by atoms with E-state index in [0.29, 0.717) is 11.5 Å². The number of hydrogen-bond acceptors (Lipinski definition) is 0. The Morgan fingerprint density at radius 3 is 1.89 bits per heavy atom. The van der Waals surface area contributed by atoms with Gasteiger partial charge in [0.1, 0.15) is 17.2 Å². The van der Waals surface area contributed by atoms with Gasteiger partial charge in [0.15, 0.2) is 0 Å². The molecule has 0 heterocycles. The molecule has 2 aromatic carbocycles. The summed E-state index contributed by atoms with van der Waals surface area (Å²) in [6.45, 7) is 2.21. The van der Waals surface area contributed by atoms with E-state index in [-0.39, 0.29) is 5.56 Å². The molecule has 2 aromatic rings. The maximum absolute atomic E-state index is 13.8. The number of hydrogen-bond donors (Lipinski definition) is 0. The van der Waals surface area contributed by atoms with Crippen LogP contribution in [-0.2, 0) is 6.18 Å². The predicted octanol–water partition coefficient (Wildman–Crippen LogP) is 7.72. The molecule has 0 N–H and O–H groups in total. The van der Waals surface area contributed by atoms with Crippen molar-refractivity contribution in [1.82, 2.24) is 0 Å². The molecule has 0 aliphatic heterocycles. The Balaban J connectivity index is 1.76. The summed E-state index contributed by atoms with van der Waals surface area (Å²) in [6, 6.07) is 8.80. The van der Waals surface area contributed by atoms with Gasteiger partial charge in [-0.2, -0.15) is 13.2 Å². The van der Waals surface area contributed by atoms with Gasteiger partial charge in [-0.3, -0.25) is 0 Å². The van der Waals surface area contributed by atoms with E-state index in [0.717, 1.165) is 30.9 Å². The van der Waals surface area contributed by atoms with Gasteiger partial charge in [0.05, 0.1) is 0 Å². The van der Waals surface area contributed by atoms with Gasteiger partial charge in [0, 0.05) is 0 Å². The molecule has 0 radical (unpaired) electrons. The second-order valence-electron chi connectivity index (χ2n) is 7.44. The van der Waals surface area contributed by atoms with E-state index >= 15 is 0 Å². The van der Waals surface area contributed by atoms with Crippen LogP contribution in [0.4, 0.5) is 22.0 Å². The molecule has 0 bridgehead atoms. The van der Waals surface area contributed by atoms with Gasteiger partial charge < -0.3 is 0 Å². The van der Waals surface area contributed by atoms with Crippen LogP contribution in [0.15, 0.2) is 36.4 Å². The van der Waals surface area contributed by atoms with Crippen LogP contribution in [0, 0.1) is 17.6 Å². The third-order valence-electron chi connectivity index (χ3n) is 5.58. The fourth-order valence-corrected chi connectivity index (χ4v) is 4.15. The van der Waals surface area contributed by atoms with Crippen LogP contribution < -0.4 is 0 Å². The van der Waals surface area contributed by atoms with Crippen molar-refractivity contribution in [2.45, 2.75) is 57.5 Å². The summed E-state index contributed by atoms with van der Waals surface area (Å²) in [5, 5.41) is 0. The summed E-state index contributed by atoms with van der Waals surface area (Å²) in [5.41, 5.74) is -0.0468. The third kappa shape index (κ3) is 4.50. The van der Waals surface area contributed by atoms with E-state index in [4.69, 9.17) is 0 Å². The Labute approximate surface area is 156 Å². The minimum Gasteiger partial charge on any atom is -0.206 e. The average molecular weight is 382 g/mol. The molecule has 27 heavy (non-hydrogen) atoms. The Kier molecular flexibility index (Phi) is 5.87. The van der Waals surface area contributed by atoms with Crippen molar-refractivity contribution >= 4 is 0 Å². The van der Waals surface area contributed by atoms with Crippen LogP contribution >= 0.6 is 0 Å². The topological polar surface area (TPSA) is 0 Å². The van der Waals surface area contributed by atoms with Crippen molar-refractivity contribution in [3.8, 4) is 11.1 Å². The lowest BCUT2D eigenvalue weighted by Crippen LogP contribution is -2.13. The van der Waals surface area contributed by atoms with E-state index in [2.05, 4.69) is 6.92 Å². The minimum absolute atomic E-state index is 0.108. The largest absolute Gasteiger partial charge is 0.422 e. The summed E-state index contributed by atoms with van der Waals surface area (Å²) in [7, 11) is 0. The highest BCUT2D eigenvalue weighted by molar-refractivity contribution is 5.64. The molecule has 1 saturated carbocycles. The van der Waals surface area contributed by atoms with E-state index < -0.39 is 23.4 Å². The molecule has 1 aliphatic carbocycles. The first-order valence-electron chi connectivity index (χ1n) is 9.46. The average Bonchev–Trinajstić information content (AvgIpc) is 2.61.